The summed E-state index contributed by atoms with van der Waals surface area (Å²) in [4.78, 5) is 0. The van der Waals surface area contributed by atoms with Crippen molar-refractivity contribution in [3.63, 3.8) is 0 Å². The average molecular weight is 631 g/mol. The summed E-state index contributed by atoms with van der Waals surface area (Å²) in [5.74, 6) is 0. The Morgan fingerprint density at radius 1 is 0.553 bits per heavy atom. The van der Waals surface area contributed by atoms with E-state index in [1.54, 1.807) is 36.6 Å². The van der Waals surface area contributed by atoms with Crippen molar-refractivity contribution in [3.8, 4) is 0 Å². The second-order valence-electron chi connectivity index (χ2n) is 10.6. The first-order valence-corrected chi connectivity index (χ1v) is 26.0. The maximum atomic E-state index is 2.72. The standard InChI is InChI=1S/C15H11.C12H10Ge.C9H13.Zr/c1-2-6-12(7-3-1)15-11-10-13-8-4-5-9-14(13)15;1-3-7-11(8-4-1)13-12-9-5-2-6-10-12;1-6-5-7(2)9(4)8(6)3;/h1-11H;1-10H;5H,1-4H3;. The Kier molecular flexibility index (Phi) is 7.43. The van der Waals surface area contributed by atoms with Gasteiger partial charge in [-0.1, -0.05) is 0 Å². The molecule has 0 saturated carbocycles. The fraction of sp³-hybridized carbons (Fsp3) is 0.167. The van der Waals surface area contributed by atoms with Gasteiger partial charge in [-0.15, -0.1) is 0 Å². The van der Waals surface area contributed by atoms with Crippen LogP contribution in [0.15, 0.2) is 144 Å². The average Bonchev–Trinajstić information content (AvgIpc) is 3.44. The summed E-state index contributed by atoms with van der Waals surface area (Å²) in [5, 5.41) is 0. The van der Waals surface area contributed by atoms with Crippen molar-refractivity contribution in [3.05, 3.63) is 160 Å². The number of hydrogen-bond acceptors (Lipinski definition) is 0. The molecule has 186 valence electrons. The van der Waals surface area contributed by atoms with Crippen molar-refractivity contribution >= 4 is 24.3 Å². The van der Waals surface area contributed by atoms with Crippen LogP contribution < -0.4 is 8.79 Å². The monoisotopic (exact) mass is 630 g/mol. The molecule has 2 heteroatoms. The van der Waals surface area contributed by atoms with E-state index >= 15 is 0 Å². The van der Waals surface area contributed by atoms with Crippen LogP contribution in [0.5, 0.6) is 0 Å². The third-order valence-corrected chi connectivity index (χ3v) is 42.4. The van der Waals surface area contributed by atoms with Gasteiger partial charge in [-0.3, -0.25) is 0 Å². The molecular weight excluding hydrogens is 596 g/mol. The number of fused-ring (bicyclic) bond motifs is 1. The van der Waals surface area contributed by atoms with Gasteiger partial charge < -0.3 is 0 Å². The van der Waals surface area contributed by atoms with Gasteiger partial charge in [0.05, 0.1) is 0 Å². The SMILES string of the molecule is CC1=C(C)[CH]([Zr]([CH]2C=C(c3ccccc3)c3ccccc32)=[Ge]([c]2ccccc2)[c]2ccccc2)C(C)=C1C. The summed E-state index contributed by atoms with van der Waals surface area (Å²) in [6, 6.07) is 43.7. The summed E-state index contributed by atoms with van der Waals surface area (Å²) in [6.07, 6.45) is 2.72. The molecule has 2 aliphatic carbocycles. The number of hydrogen-bond donors (Lipinski definition) is 0. The Balaban J connectivity index is 1.72. The van der Waals surface area contributed by atoms with Crippen molar-refractivity contribution in [2.75, 3.05) is 0 Å². The van der Waals surface area contributed by atoms with Gasteiger partial charge in [-0.2, -0.15) is 0 Å². The molecule has 4 aromatic carbocycles. The minimum atomic E-state index is -2.37. The number of rotatable bonds is 5. The molecule has 1 unspecified atom stereocenters. The molecule has 0 heterocycles. The van der Waals surface area contributed by atoms with E-state index in [-0.39, 0.29) is 0 Å². The molecule has 6 rings (SSSR count). The van der Waals surface area contributed by atoms with Gasteiger partial charge in [0, 0.05) is 0 Å². The first-order valence-electron chi connectivity index (χ1n) is 13.6. The van der Waals surface area contributed by atoms with Gasteiger partial charge in [0.2, 0.25) is 0 Å². The normalized spacial score (nSPS) is 17.1. The zero-order valence-corrected chi connectivity index (χ0v) is 27.3. The van der Waals surface area contributed by atoms with Crippen molar-refractivity contribution in [2.45, 2.75) is 34.9 Å². The van der Waals surface area contributed by atoms with Gasteiger partial charge >= 0.3 is 238 Å². The van der Waals surface area contributed by atoms with E-state index < -0.39 is 28.6 Å². The summed E-state index contributed by atoms with van der Waals surface area (Å²) >= 11 is -2.37. The number of benzene rings is 4. The van der Waals surface area contributed by atoms with Crippen molar-refractivity contribution in [2.24, 2.45) is 0 Å². The predicted octanol–water partition coefficient (Wildman–Crippen LogP) is 8.07. The molecule has 0 fully saturated rings. The van der Waals surface area contributed by atoms with E-state index in [0.29, 0.717) is 7.25 Å². The Bertz CT molecular complexity index is 1560. The van der Waals surface area contributed by atoms with Gasteiger partial charge in [-0.25, -0.2) is 0 Å². The van der Waals surface area contributed by atoms with Crippen LogP contribution >= 0.6 is 0 Å². The topological polar surface area (TPSA) is 0 Å². The second kappa shape index (κ2) is 11.0. The Morgan fingerprint density at radius 3 is 1.58 bits per heavy atom. The quantitative estimate of drug-likeness (QED) is 0.196. The molecule has 4 aromatic rings. The van der Waals surface area contributed by atoms with E-state index in [2.05, 4.69) is 149 Å². The van der Waals surface area contributed by atoms with Crippen LogP contribution in [0.2, 0.25) is 3.63 Å². The molecule has 2 aliphatic rings. The van der Waals surface area contributed by atoms with E-state index in [4.69, 9.17) is 0 Å². The van der Waals surface area contributed by atoms with E-state index in [0.717, 1.165) is 0 Å². The molecule has 0 radical (unpaired) electrons. The van der Waals surface area contributed by atoms with Crippen LogP contribution in [0.3, 0.4) is 0 Å². The van der Waals surface area contributed by atoms with E-state index in [9.17, 15) is 0 Å². The molecule has 0 bridgehead atoms. The minimum absolute atomic E-state index is 0.563. The van der Waals surface area contributed by atoms with Crippen molar-refractivity contribution < 1.29 is 18.6 Å². The third-order valence-electron chi connectivity index (χ3n) is 8.68. The Hall–Kier alpha value is -2.47. The molecule has 0 aromatic heterocycles. The van der Waals surface area contributed by atoms with E-state index in [1.807, 2.05) is 0 Å². The van der Waals surface area contributed by atoms with Crippen LogP contribution in [-0.2, 0) is 18.6 Å². The van der Waals surface area contributed by atoms with Gasteiger partial charge in [-0.05, 0) is 0 Å². The maximum absolute atomic E-state index is 2.72. The summed E-state index contributed by atoms with van der Waals surface area (Å²) in [6.45, 7) is 9.64. The second-order valence-corrected chi connectivity index (χ2v) is 33.4. The summed E-state index contributed by atoms with van der Waals surface area (Å²) in [7, 11) is -1.89. The molecule has 0 amide bonds. The van der Waals surface area contributed by atoms with Crippen LogP contribution in [0.25, 0.3) is 5.57 Å². The zero-order valence-electron chi connectivity index (χ0n) is 22.7. The molecule has 0 aliphatic heterocycles. The van der Waals surface area contributed by atoms with Crippen LogP contribution in [0.4, 0.5) is 0 Å². The van der Waals surface area contributed by atoms with Gasteiger partial charge in [0.15, 0.2) is 0 Å². The Labute approximate surface area is 236 Å². The zero-order chi connectivity index (χ0) is 26.2. The van der Waals surface area contributed by atoms with E-state index in [1.165, 1.54) is 16.7 Å². The Morgan fingerprint density at radius 2 is 1.03 bits per heavy atom. The molecular formula is C36H34GeZr. The fourth-order valence-corrected chi connectivity index (χ4v) is 47.4. The van der Waals surface area contributed by atoms with Gasteiger partial charge in [0.25, 0.3) is 0 Å². The number of allylic oxidation sites excluding steroid dienone is 5. The van der Waals surface area contributed by atoms with Crippen LogP contribution in [-0.4, -0.2) is 9.98 Å². The predicted molar refractivity (Wildman–Crippen MR) is 161 cm³/mol. The van der Waals surface area contributed by atoms with Crippen LogP contribution in [0.1, 0.15) is 48.0 Å². The fourth-order valence-electron chi connectivity index (χ4n) is 6.49. The molecule has 0 nitrogen and oxygen atoms in total. The molecule has 38 heavy (non-hydrogen) atoms. The van der Waals surface area contributed by atoms with Crippen LogP contribution in [0, 0.1) is 0 Å². The first-order chi connectivity index (χ1) is 18.6. The third kappa shape index (κ3) is 4.53. The summed E-state index contributed by atoms with van der Waals surface area (Å²) < 4.78 is 4.51. The van der Waals surface area contributed by atoms with Gasteiger partial charge in [0.1, 0.15) is 0 Å². The molecule has 1 atom stereocenters. The van der Waals surface area contributed by atoms with Crippen molar-refractivity contribution in [1.29, 1.82) is 0 Å². The summed E-state index contributed by atoms with van der Waals surface area (Å²) in [5.41, 5.74) is 12.2. The first kappa shape index (κ1) is 25.8. The molecule has 0 saturated heterocycles. The molecule has 0 spiro atoms. The van der Waals surface area contributed by atoms with Crippen molar-refractivity contribution in [1.82, 2.24) is 0 Å². The molecule has 0 N–H and O–H groups in total.